The molecule has 0 spiro atoms. The first-order valence-corrected chi connectivity index (χ1v) is 12.2. The average Bonchev–Trinajstić information content (AvgIpc) is 2.68. The molecule has 30 heavy (non-hydrogen) atoms. The molecule has 8 heteroatoms. The van der Waals surface area contributed by atoms with Gasteiger partial charge in [-0.05, 0) is 41.3 Å². The first kappa shape index (κ1) is 22.9. The normalized spacial score (nSPS) is 16.4. The van der Waals surface area contributed by atoms with Gasteiger partial charge in [0.25, 0.3) is 0 Å². The first-order chi connectivity index (χ1) is 14.1. The molecule has 1 N–H and O–H groups in total. The van der Waals surface area contributed by atoms with Crippen LogP contribution in [0.5, 0.6) is 0 Å². The van der Waals surface area contributed by atoms with Crippen molar-refractivity contribution in [3.63, 3.8) is 0 Å². The molecule has 0 aromatic heterocycles. The van der Waals surface area contributed by atoms with Crippen LogP contribution in [0.15, 0.2) is 57.9 Å². The largest absolute Gasteiger partial charge is 0.325 e. The summed E-state index contributed by atoms with van der Waals surface area (Å²) in [7, 11) is -3.53. The molecule has 1 fully saturated rings. The highest BCUT2D eigenvalue weighted by atomic mass is 79.9. The fourth-order valence-corrected chi connectivity index (χ4v) is 5.20. The van der Waals surface area contributed by atoms with Gasteiger partial charge in [0.2, 0.25) is 15.9 Å². The number of hydrogen-bond donors (Lipinski definition) is 1. The van der Waals surface area contributed by atoms with Crippen LogP contribution in [-0.4, -0.2) is 56.3 Å². The van der Waals surface area contributed by atoms with E-state index in [9.17, 15) is 13.2 Å². The van der Waals surface area contributed by atoms with Gasteiger partial charge in [-0.2, -0.15) is 4.31 Å². The third-order valence-corrected chi connectivity index (χ3v) is 7.57. The summed E-state index contributed by atoms with van der Waals surface area (Å²) in [6.07, 6.45) is 0. The van der Waals surface area contributed by atoms with Gasteiger partial charge in [0.15, 0.2) is 0 Å². The van der Waals surface area contributed by atoms with Gasteiger partial charge in [0, 0.05) is 36.3 Å². The third-order valence-electron chi connectivity index (χ3n) is 5.16. The van der Waals surface area contributed by atoms with Crippen LogP contribution in [0.1, 0.15) is 26.3 Å². The molecule has 1 aliphatic heterocycles. The second-order valence-electron chi connectivity index (χ2n) is 8.51. The highest BCUT2D eigenvalue weighted by Gasteiger charge is 2.29. The van der Waals surface area contributed by atoms with Crippen LogP contribution in [0, 0.1) is 0 Å². The Balaban J connectivity index is 1.56. The standard InChI is InChI=1S/C22H28BrN3O3S/c1-22(2,3)17-7-9-20(10-8-17)30(28,29)26-13-11-25(12-14-26)16-21(27)24-19-6-4-5-18(23)15-19/h4-10,15H,11-14,16H2,1-3H3,(H,24,27). The summed E-state index contributed by atoms with van der Waals surface area (Å²) in [6.45, 7) is 8.31. The Bertz CT molecular complexity index is 993. The van der Waals surface area contributed by atoms with Crippen molar-refractivity contribution in [1.82, 2.24) is 9.21 Å². The number of nitrogens with one attached hydrogen (secondary N) is 1. The number of halogens is 1. The molecule has 2 aromatic carbocycles. The quantitative estimate of drug-likeness (QED) is 0.689. The molecule has 162 valence electrons. The van der Waals surface area contributed by atoms with E-state index in [2.05, 4.69) is 42.0 Å². The van der Waals surface area contributed by atoms with Gasteiger partial charge in [-0.3, -0.25) is 9.69 Å². The zero-order chi connectivity index (χ0) is 21.9. The van der Waals surface area contributed by atoms with E-state index in [-0.39, 0.29) is 17.9 Å². The number of nitrogens with zero attached hydrogens (tertiary/aromatic N) is 2. The van der Waals surface area contributed by atoms with E-state index in [0.29, 0.717) is 31.1 Å². The molecular formula is C22H28BrN3O3S. The minimum absolute atomic E-state index is 0.0235. The Labute approximate surface area is 187 Å². The minimum Gasteiger partial charge on any atom is -0.325 e. The van der Waals surface area contributed by atoms with Gasteiger partial charge in [0.05, 0.1) is 11.4 Å². The van der Waals surface area contributed by atoms with Crippen molar-refractivity contribution < 1.29 is 13.2 Å². The monoisotopic (exact) mass is 493 g/mol. The minimum atomic E-state index is -3.53. The lowest BCUT2D eigenvalue weighted by Gasteiger charge is -2.33. The van der Waals surface area contributed by atoms with E-state index < -0.39 is 10.0 Å². The SMILES string of the molecule is CC(C)(C)c1ccc(S(=O)(=O)N2CCN(CC(=O)Nc3cccc(Br)c3)CC2)cc1. The molecule has 1 amide bonds. The highest BCUT2D eigenvalue weighted by Crippen LogP contribution is 2.25. The van der Waals surface area contributed by atoms with Crippen LogP contribution in [0.3, 0.4) is 0 Å². The predicted molar refractivity (Wildman–Crippen MR) is 123 cm³/mol. The Kier molecular flexibility index (Phi) is 7.02. The summed E-state index contributed by atoms with van der Waals surface area (Å²) < 4.78 is 28.3. The summed E-state index contributed by atoms with van der Waals surface area (Å²) in [4.78, 5) is 14.6. The number of benzene rings is 2. The molecule has 3 rings (SSSR count). The van der Waals surface area contributed by atoms with E-state index in [1.54, 1.807) is 12.1 Å². The average molecular weight is 494 g/mol. The lowest BCUT2D eigenvalue weighted by molar-refractivity contribution is -0.117. The van der Waals surface area contributed by atoms with Gasteiger partial charge < -0.3 is 5.32 Å². The second kappa shape index (κ2) is 9.18. The van der Waals surface area contributed by atoms with Crippen LogP contribution in [0.25, 0.3) is 0 Å². The maximum absolute atomic E-state index is 13.0. The third kappa shape index (κ3) is 5.69. The molecule has 1 aliphatic rings. The van der Waals surface area contributed by atoms with Gasteiger partial charge in [-0.1, -0.05) is 54.9 Å². The van der Waals surface area contributed by atoms with E-state index >= 15 is 0 Å². The van der Waals surface area contributed by atoms with E-state index in [0.717, 1.165) is 15.7 Å². The summed E-state index contributed by atoms with van der Waals surface area (Å²) >= 11 is 3.38. The number of sulfonamides is 1. The van der Waals surface area contributed by atoms with E-state index in [1.165, 1.54) is 4.31 Å². The van der Waals surface area contributed by atoms with Gasteiger partial charge in [0.1, 0.15) is 0 Å². The summed E-state index contributed by atoms with van der Waals surface area (Å²) in [5.41, 5.74) is 1.81. The fraction of sp³-hybridized carbons (Fsp3) is 0.409. The Morgan fingerprint density at radius 2 is 1.67 bits per heavy atom. The van der Waals surface area contributed by atoms with E-state index in [1.807, 2.05) is 41.3 Å². The Morgan fingerprint density at radius 3 is 2.23 bits per heavy atom. The van der Waals surface area contributed by atoms with Gasteiger partial charge >= 0.3 is 0 Å². The Morgan fingerprint density at radius 1 is 1.03 bits per heavy atom. The molecule has 2 aromatic rings. The first-order valence-electron chi connectivity index (χ1n) is 9.94. The Hall–Kier alpha value is -1.74. The summed E-state index contributed by atoms with van der Waals surface area (Å²) in [5, 5.41) is 2.87. The predicted octanol–water partition coefficient (Wildman–Crippen LogP) is 3.69. The number of anilines is 1. The zero-order valence-corrected chi connectivity index (χ0v) is 20.0. The van der Waals surface area contributed by atoms with Crippen LogP contribution >= 0.6 is 15.9 Å². The topological polar surface area (TPSA) is 69.7 Å². The van der Waals surface area contributed by atoms with Gasteiger partial charge in [-0.25, -0.2) is 8.42 Å². The molecule has 0 atom stereocenters. The molecule has 1 heterocycles. The number of rotatable bonds is 5. The van der Waals surface area contributed by atoms with Crippen LogP contribution in [0.4, 0.5) is 5.69 Å². The zero-order valence-electron chi connectivity index (χ0n) is 17.6. The smallest absolute Gasteiger partial charge is 0.243 e. The van der Waals surface area contributed by atoms with E-state index in [4.69, 9.17) is 0 Å². The van der Waals surface area contributed by atoms with Gasteiger partial charge in [-0.15, -0.1) is 0 Å². The summed E-state index contributed by atoms with van der Waals surface area (Å²) in [5.74, 6) is -0.109. The lowest BCUT2D eigenvalue weighted by Crippen LogP contribution is -2.50. The molecule has 6 nitrogen and oxygen atoms in total. The number of carbonyl (C=O) groups is 1. The lowest BCUT2D eigenvalue weighted by atomic mass is 9.87. The molecule has 0 saturated carbocycles. The second-order valence-corrected chi connectivity index (χ2v) is 11.4. The number of hydrogen-bond acceptors (Lipinski definition) is 4. The van der Waals surface area contributed by atoms with Crippen LogP contribution < -0.4 is 5.32 Å². The fourth-order valence-electron chi connectivity index (χ4n) is 3.37. The van der Waals surface area contributed by atoms with Crippen molar-refractivity contribution in [2.75, 3.05) is 38.0 Å². The maximum Gasteiger partial charge on any atom is 0.243 e. The molecule has 0 unspecified atom stereocenters. The van der Waals surface area contributed by atoms with Crippen molar-refractivity contribution in [3.8, 4) is 0 Å². The highest BCUT2D eigenvalue weighted by molar-refractivity contribution is 9.10. The molecule has 0 radical (unpaired) electrons. The van der Waals surface area contributed by atoms with Crippen molar-refractivity contribution in [3.05, 3.63) is 58.6 Å². The van der Waals surface area contributed by atoms with Crippen molar-refractivity contribution in [1.29, 1.82) is 0 Å². The molecular weight excluding hydrogens is 466 g/mol. The van der Waals surface area contributed by atoms with Crippen LogP contribution in [-0.2, 0) is 20.2 Å². The molecule has 0 aliphatic carbocycles. The summed E-state index contributed by atoms with van der Waals surface area (Å²) in [6, 6.07) is 14.6. The number of piperazine rings is 1. The van der Waals surface area contributed by atoms with Crippen LogP contribution in [0.2, 0.25) is 0 Å². The molecule has 1 saturated heterocycles. The van der Waals surface area contributed by atoms with Crippen molar-refractivity contribution >= 4 is 37.5 Å². The number of carbonyl (C=O) groups excluding carboxylic acids is 1. The van der Waals surface area contributed by atoms with Crippen molar-refractivity contribution in [2.24, 2.45) is 0 Å². The number of amides is 1. The molecule has 0 bridgehead atoms. The maximum atomic E-state index is 13.0. The van der Waals surface area contributed by atoms with Crippen molar-refractivity contribution in [2.45, 2.75) is 31.1 Å².